The zero-order chi connectivity index (χ0) is 16.8. The summed E-state index contributed by atoms with van der Waals surface area (Å²) in [6.45, 7) is 8.42. The minimum Gasteiger partial charge on any atom is -0.303 e. The average molecular weight is 304 g/mol. The van der Waals surface area contributed by atoms with Crippen molar-refractivity contribution < 1.29 is 14.4 Å². The second kappa shape index (κ2) is 7.66. The van der Waals surface area contributed by atoms with E-state index in [0.29, 0.717) is 18.8 Å². The van der Waals surface area contributed by atoms with Gasteiger partial charge in [-0.15, -0.1) is 0 Å². The number of ketones is 1. The summed E-state index contributed by atoms with van der Waals surface area (Å²) in [6, 6.07) is 0. The number of hydrogen-bond donors (Lipinski definition) is 0. The largest absolute Gasteiger partial charge is 0.303 e. The summed E-state index contributed by atoms with van der Waals surface area (Å²) in [5.41, 5.74) is -0.344. The Labute approximate surface area is 133 Å². The van der Waals surface area contributed by atoms with Crippen LogP contribution in [-0.4, -0.2) is 18.4 Å². The topological polar surface area (TPSA) is 51.2 Å². The molecule has 1 aliphatic rings. The van der Waals surface area contributed by atoms with Crippen LogP contribution < -0.4 is 0 Å². The van der Waals surface area contributed by atoms with Crippen molar-refractivity contribution in [3.63, 3.8) is 0 Å². The SMILES string of the molecule is CC(C)[C@@H](CC=O)[C@](C)(CC=O)CCC1(C)C=CC(=O)C=C1. The molecule has 0 heterocycles. The molecule has 0 spiro atoms. The van der Waals surface area contributed by atoms with Gasteiger partial charge in [-0.1, -0.05) is 39.8 Å². The van der Waals surface area contributed by atoms with E-state index in [1.54, 1.807) is 12.2 Å². The van der Waals surface area contributed by atoms with Gasteiger partial charge in [-0.3, -0.25) is 4.79 Å². The molecule has 22 heavy (non-hydrogen) atoms. The third kappa shape index (κ3) is 4.75. The summed E-state index contributed by atoms with van der Waals surface area (Å²) >= 11 is 0. The first kappa shape index (κ1) is 18.5. The van der Waals surface area contributed by atoms with Crippen molar-refractivity contribution >= 4 is 18.4 Å². The van der Waals surface area contributed by atoms with Crippen molar-refractivity contribution in [1.82, 2.24) is 0 Å². The Hall–Kier alpha value is -1.51. The molecule has 1 rings (SSSR count). The molecule has 3 nitrogen and oxygen atoms in total. The predicted octanol–water partition coefficient (Wildman–Crippen LogP) is 3.92. The van der Waals surface area contributed by atoms with Gasteiger partial charge in [-0.2, -0.15) is 0 Å². The molecular weight excluding hydrogens is 276 g/mol. The van der Waals surface area contributed by atoms with Crippen molar-refractivity contribution in [2.45, 2.75) is 53.4 Å². The van der Waals surface area contributed by atoms with Crippen LogP contribution >= 0.6 is 0 Å². The Balaban J connectivity index is 2.88. The van der Waals surface area contributed by atoms with Crippen molar-refractivity contribution in [2.75, 3.05) is 0 Å². The van der Waals surface area contributed by atoms with Gasteiger partial charge in [0.2, 0.25) is 0 Å². The lowest BCUT2D eigenvalue weighted by Gasteiger charge is -2.40. The van der Waals surface area contributed by atoms with Gasteiger partial charge in [0.25, 0.3) is 0 Å². The van der Waals surface area contributed by atoms with E-state index in [-0.39, 0.29) is 22.5 Å². The summed E-state index contributed by atoms with van der Waals surface area (Å²) in [7, 11) is 0. The number of aldehydes is 2. The summed E-state index contributed by atoms with van der Waals surface area (Å²) in [6.07, 6.45) is 11.7. The van der Waals surface area contributed by atoms with Crippen LogP contribution in [0.3, 0.4) is 0 Å². The minimum atomic E-state index is -0.191. The predicted molar refractivity (Wildman–Crippen MR) is 88.4 cm³/mol. The van der Waals surface area contributed by atoms with Crippen LogP contribution in [0.4, 0.5) is 0 Å². The van der Waals surface area contributed by atoms with Crippen molar-refractivity contribution in [1.29, 1.82) is 0 Å². The second-order valence-electron chi connectivity index (χ2n) is 7.35. The molecule has 0 radical (unpaired) electrons. The zero-order valence-corrected chi connectivity index (χ0v) is 14.2. The van der Waals surface area contributed by atoms with E-state index < -0.39 is 0 Å². The van der Waals surface area contributed by atoms with E-state index in [1.807, 2.05) is 12.2 Å². The third-order valence-corrected chi connectivity index (χ3v) is 5.09. The standard InChI is InChI=1S/C19H28O3/c1-15(2)17(7-13-20)19(4,12-14-21)11-10-18(3)8-5-16(22)6-9-18/h5-6,8-9,13-15,17H,7,10-12H2,1-4H3/t17-,19+/m1/s1. The van der Waals surface area contributed by atoms with E-state index in [2.05, 4.69) is 27.7 Å². The molecule has 3 heteroatoms. The molecule has 0 saturated carbocycles. The monoisotopic (exact) mass is 304 g/mol. The van der Waals surface area contributed by atoms with Crippen LogP contribution in [0.5, 0.6) is 0 Å². The number of hydrogen-bond acceptors (Lipinski definition) is 3. The van der Waals surface area contributed by atoms with Gasteiger partial charge >= 0.3 is 0 Å². The molecule has 122 valence electrons. The number of allylic oxidation sites excluding steroid dienone is 4. The highest BCUT2D eigenvalue weighted by Gasteiger charge is 2.37. The maximum atomic E-state index is 11.3. The highest BCUT2D eigenvalue weighted by molar-refractivity contribution is 6.00. The quantitative estimate of drug-likeness (QED) is 0.607. The Morgan fingerprint density at radius 3 is 2.23 bits per heavy atom. The van der Waals surface area contributed by atoms with E-state index in [0.717, 1.165) is 25.4 Å². The van der Waals surface area contributed by atoms with Crippen LogP contribution in [-0.2, 0) is 14.4 Å². The van der Waals surface area contributed by atoms with Gasteiger partial charge < -0.3 is 9.59 Å². The molecule has 0 amide bonds. The number of carbonyl (C=O) groups excluding carboxylic acids is 3. The van der Waals surface area contributed by atoms with Gasteiger partial charge in [-0.25, -0.2) is 0 Å². The third-order valence-electron chi connectivity index (χ3n) is 5.09. The normalized spacial score (nSPS) is 20.7. The van der Waals surface area contributed by atoms with Gasteiger partial charge in [0.15, 0.2) is 5.78 Å². The fourth-order valence-electron chi connectivity index (χ4n) is 3.47. The van der Waals surface area contributed by atoms with Gasteiger partial charge in [0.05, 0.1) is 0 Å². The molecule has 0 unspecified atom stereocenters. The molecule has 2 atom stereocenters. The van der Waals surface area contributed by atoms with Crippen molar-refractivity contribution in [3.05, 3.63) is 24.3 Å². The molecule has 0 saturated heterocycles. The molecule has 0 aromatic rings. The summed E-state index contributed by atoms with van der Waals surface area (Å²) in [5, 5.41) is 0. The molecule has 0 fully saturated rings. The van der Waals surface area contributed by atoms with E-state index >= 15 is 0 Å². The summed E-state index contributed by atoms with van der Waals surface area (Å²) < 4.78 is 0. The zero-order valence-electron chi connectivity index (χ0n) is 14.2. The Bertz CT molecular complexity index is 457. The fourth-order valence-corrected chi connectivity index (χ4v) is 3.47. The first-order chi connectivity index (χ1) is 10.3. The Morgan fingerprint density at radius 2 is 1.77 bits per heavy atom. The molecule has 0 aromatic heterocycles. The van der Waals surface area contributed by atoms with Crippen LogP contribution in [0.25, 0.3) is 0 Å². The van der Waals surface area contributed by atoms with Crippen LogP contribution in [0.2, 0.25) is 0 Å². The average Bonchev–Trinajstić information content (AvgIpc) is 2.46. The lowest BCUT2D eigenvalue weighted by atomic mass is 9.64. The molecule has 0 aromatic carbocycles. The molecule has 0 aliphatic heterocycles. The first-order valence-corrected chi connectivity index (χ1v) is 8.06. The highest BCUT2D eigenvalue weighted by atomic mass is 16.1. The van der Waals surface area contributed by atoms with E-state index in [1.165, 1.54) is 0 Å². The maximum absolute atomic E-state index is 11.3. The van der Waals surface area contributed by atoms with E-state index in [9.17, 15) is 14.4 Å². The molecule has 0 N–H and O–H groups in total. The highest BCUT2D eigenvalue weighted by Crippen LogP contribution is 2.44. The summed E-state index contributed by atoms with van der Waals surface area (Å²) in [4.78, 5) is 33.5. The fraction of sp³-hybridized carbons (Fsp3) is 0.632. The van der Waals surface area contributed by atoms with Crippen LogP contribution in [0, 0.1) is 22.7 Å². The Morgan fingerprint density at radius 1 is 1.18 bits per heavy atom. The lowest BCUT2D eigenvalue weighted by Crippen LogP contribution is -2.33. The first-order valence-electron chi connectivity index (χ1n) is 8.06. The molecule has 1 aliphatic carbocycles. The van der Waals surface area contributed by atoms with Crippen molar-refractivity contribution in [2.24, 2.45) is 22.7 Å². The van der Waals surface area contributed by atoms with Crippen molar-refractivity contribution in [3.8, 4) is 0 Å². The second-order valence-corrected chi connectivity index (χ2v) is 7.35. The van der Waals surface area contributed by atoms with Gasteiger partial charge in [0.1, 0.15) is 12.6 Å². The smallest absolute Gasteiger partial charge is 0.178 e. The molecular formula is C19H28O3. The summed E-state index contributed by atoms with van der Waals surface area (Å²) in [5.74, 6) is 0.563. The number of rotatable bonds is 9. The van der Waals surface area contributed by atoms with E-state index in [4.69, 9.17) is 0 Å². The Kier molecular flexibility index (Phi) is 6.46. The minimum absolute atomic E-state index is 0.0224. The lowest BCUT2D eigenvalue weighted by molar-refractivity contribution is -0.114. The maximum Gasteiger partial charge on any atom is 0.178 e. The van der Waals surface area contributed by atoms with Crippen LogP contribution in [0.15, 0.2) is 24.3 Å². The van der Waals surface area contributed by atoms with Crippen LogP contribution in [0.1, 0.15) is 53.4 Å². The number of carbonyl (C=O) groups is 3. The van der Waals surface area contributed by atoms with Gasteiger partial charge in [0, 0.05) is 18.3 Å². The molecule has 0 bridgehead atoms. The van der Waals surface area contributed by atoms with Gasteiger partial charge in [-0.05, 0) is 42.2 Å².